The summed E-state index contributed by atoms with van der Waals surface area (Å²) in [6.07, 6.45) is -4.14. The third kappa shape index (κ3) is 2.32. The van der Waals surface area contributed by atoms with Crippen molar-refractivity contribution in [1.82, 2.24) is 4.98 Å². The molecule has 0 aliphatic carbocycles. The largest absolute Gasteiger partial charge is 0.573 e. The van der Waals surface area contributed by atoms with Crippen molar-refractivity contribution in [2.75, 3.05) is 0 Å². The summed E-state index contributed by atoms with van der Waals surface area (Å²) in [5.74, 6) is -2.49. The summed E-state index contributed by atoms with van der Waals surface area (Å²) >= 11 is 0. The third-order valence-electron chi connectivity index (χ3n) is 1.19. The number of halogens is 4. The highest BCUT2D eigenvalue weighted by atomic mass is 19.4. The van der Waals surface area contributed by atoms with Crippen LogP contribution in [0.1, 0.15) is 5.69 Å². The molecule has 0 atom stereocenters. The van der Waals surface area contributed by atoms with Crippen LogP contribution in [-0.4, -0.2) is 11.3 Å². The van der Waals surface area contributed by atoms with E-state index in [1.165, 1.54) is 6.07 Å². The van der Waals surface area contributed by atoms with Crippen molar-refractivity contribution in [3.05, 3.63) is 23.8 Å². The molecule has 0 bridgehead atoms. The van der Waals surface area contributed by atoms with E-state index in [0.717, 1.165) is 6.20 Å². The fraction of sp³-hybridized carbons (Fsp3) is 0.143. The maximum Gasteiger partial charge on any atom is 0.573 e. The summed E-state index contributed by atoms with van der Waals surface area (Å²) in [4.78, 5) is 3.20. The van der Waals surface area contributed by atoms with E-state index in [0.29, 0.717) is 6.07 Å². The predicted molar refractivity (Wildman–Crippen MR) is 35.6 cm³/mol. The second kappa shape index (κ2) is 3.49. The third-order valence-corrected chi connectivity index (χ3v) is 1.19. The van der Waals surface area contributed by atoms with Crippen LogP contribution in [0.15, 0.2) is 12.3 Å². The summed E-state index contributed by atoms with van der Waals surface area (Å²) < 4.78 is 51.2. The van der Waals surface area contributed by atoms with Crippen LogP contribution in [0.3, 0.4) is 0 Å². The molecule has 1 heterocycles. The number of nitriles is 1. The molecule has 14 heavy (non-hydrogen) atoms. The first-order valence-electron chi connectivity index (χ1n) is 3.24. The number of nitrogens with zero attached hydrogens (tertiary/aromatic N) is 2. The lowest BCUT2D eigenvalue weighted by molar-refractivity contribution is -0.275. The molecule has 1 rings (SSSR count). The maximum atomic E-state index is 12.9. The molecule has 0 radical (unpaired) electrons. The molecule has 0 N–H and O–H groups in total. The van der Waals surface area contributed by atoms with E-state index in [4.69, 9.17) is 5.26 Å². The van der Waals surface area contributed by atoms with Gasteiger partial charge in [0.15, 0.2) is 11.4 Å². The number of aromatic nitrogens is 1. The van der Waals surface area contributed by atoms with Gasteiger partial charge in [0.1, 0.15) is 6.07 Å². The Bertz CT molecular complexity index is 382. The van der Waals surface area contributed by atoms with Crippen LogP contribution in [0.5, 0.6) is 5.75 Å². The van der Waals surface area contributed by atoms with Gasteiger partial charge in [0.2, 0.25) is 5.82 Å². The average molecular weight is 206 g/mol. The molecule has 3 nitrogen and oxygen atoms in total. The molecule has 0 amide bonds. The molecule has 7 heteroatoms. The van der Waals surface area contributed by atoms with E-state index >= 15 is 0 Å². The highest BCUT2D eigenvalue weighted by Gasteiger charge is 2.32. The van der Waals surface area contributed by atoms with E-state index in [1.807, 2.05) is 0 Å². The van der Waals surface area contributed by atoms with E-state index in [1.54, 1.807) is 0 Å². The summed E-state index contributed by atoms with van der Waals surface area (Å²) in [5, 5.41) is 8.25. The van der Waals surface area contributed by atoms with Gasteiger partial charge in [0.25, 0.3) is 0 Å². The van der Waals surface area contributed by atoms with E-state index < -0.39 is 23.6 Å². The Morgan fingerprint density at radius 3 is 2.57 bits per heavy atom. The minimum absolute atomic E-state index is 0.684. The van der Waals surface area contributed by atoms with Crippen LogP contribution in [-0.2, 0) is 0 Å². The smallest absolute Gasteiger partial charge is 0.402 e. The molecule has 0 spiro atoms. The predicted octanol–water partition coefficient (Wildman–Crippen LogP) is 1.99. The first kappa shape index (κ1) is 10.2. The van der Waals surface area contributed by atoms with Crippen molar-refractivity contribution in [1.29, 1.82) is 5.26 Å². The number of hydrogen-bond donors (Lipinski definition) is 0. The zero-order valence-electron chi connectivity index (χ0n) is 6.47. The minimum Gasteiger partial charge on any atom is -0.402 e. The molecule has 0 saturated carbocycles. The lowest BCUT2D eigenvalue weighted by Crippen LogP contribution is -2.18. The molecule has 0 aliphatic heterocycles. The van der Waals surface area contributed by atoms with Gasteiger partial charge in [0, 0.05) is 12.3 Å². The van der Waals surface area contributed by atoms with Gasteiger partial charge in [-0.25, -0.2) is 4.98 Å². The fourth-order valence-electron chi connectivity index (χ4n) is 0.707. The van der Waals surface area contributed by atoms with Gasteiger partial charge in [0.05, 0.1) is 0 Å². The number of hydrogen-bond acceptors (Lipinski definition) is 3. The Labute approximate surface area is 75.5 Å². The second-order valence-electron chi connectivity index (χ2n) is 2.13. The highest BCUT2D eigenvalue weighted by molar-refractivity contribution is 5.32. The SMILES string of the molecule is N#Cc1nccc(OC(F)(F)F)c1F. The molecule has 0 saturated heterocycles. The summed E-state index contributed by atoms with van der Waals surface area (Å²) in [6.45, 7) is 0. The number of pyridine rings is 1. The topological polar surface area (TPSA) is 45.9 Å². The number of alkyl halides is 3. The molecule has 0 aromatic carbocycles. The van der Waals surface area contributed by atoms with Gasteiger partial charge in [-0.1, -0.05) is 0 Å². The van der Waals surface area contributed by atoms with Crippen LogP contribution < -0.4 is 4.74 Å². The molecule has 1 aromatic rings. The van der Waals surface area contributed by atoms with E-state index in [9.17, 15) is 17.6 Å². The Morgan fingerprint density at radius 2 is 2.07 bits per heavy atom. The van der Waals surface area contributed by atoms with Crippen molar-refractivity contribution in [3.8, 4) is 11.8 Å². The number of rotatable bonds is 1. The monoisotopic (exact) mass is 206 g/mol. The molecule has 74 valence electrons. The van der Waals surface area contributed by atoms with Gasteiger partial charge >= 0.3 is 6.36 Å². The zero-order valence-corrected chi connectivity index (χ0v) is 6.47. The first-order chi connectivity index (χ1) is 6.44. The van der Waals surface area contributed by atoms with E-state index in [-0.39, 0.29) is 0 Å². The van der Waals surface area contributed by atoms with Crippen LogP contribution >= 0.6 is 0 Å². The van der Waals surface area contributed by atoms with Crippen LogP contribution in [0.2, 0.25) is 0 Å². The number of ether oxygens (including phenoxy) is 1. The average Bonchev–Trinajstić information content (AvgIpc) is 2.06. The Kier molecular flexibility index (Phi) is 2.56. The molecule has 1 aromatic heterocycles. The summed E-state index contributed by atoms with van der Waals surface area (Å²) in [7, 11) is 0. The lowest BCUT2D eigenvalue weighted by atomic mass is 10.3. The Balaban J connectivity index is 3.06. The standard InChI is InChI=1S/C7H2F4N2O/c8-6-4(3-12)13-2-1-5(6)14-7(9,10)11/h1-2H. The van der Waals surface area contributed by atoms with Crippen molar-refractivity contribution >= 4 is 0 Å². The normalized spacial score (nSPS) is 10.8. The molecule has 0 unspecified atom stereocenters. The van der Waals surface area contributed by atoms with Gasteiger partial charge in [-0.2, -0.15) is 9.65 Å². The minimum atomic E-state index is -4.99. The molecule has 0 fully saturated rings. The van der Waals surface area contributed by atoms with Crippen LogP contribution in [0, 0.1) is 17.1 Å². The van der Waals surface area contributed by atoms with Gasteiger partial charge < -0.3 is 4.74 Å². The molecular formula is C7H2F4N2O. The van der Waals surface area contributed by atoms with Crippen molar-refractivity contribution in [3.63, 3.8) is 0 Å². The molecular weight excluding hydrogens is 204 g/mol. The fourth-order valence-corrected chi connectivity index (χ4v) is 0.707. The second-order valence-corrected chi connectivity index (χ2v) is 2.13. The lowest BCUT2D eigenvalue weighted by Gasteiger charge is -2.08. The highest BCUT2D eigenvalue weighted by Crippen LogP contribution is 2.25. The summed E-state index contributed by atoms with van der Waals surface area (Å²) in [6, 6.07) is 1.97. The Morgan fingerprint density at radius 1 is 1.43 bits per heavy atom. The first-order valence-corrected chi connectivity index (χ1v) is 3.24. The van der Waals surface area contributed by atoms with Gasteiger partial charge in [-0.15, -0.1) is 13.2 Å². The Hall–Kier alpha value is -1.84. The van der Waals surface area contributed by atoms with Gasteiger partial charge in [-0.3, -0.25) is 0 Å². The van der Waals surface area contributed by atoms with Crippen molar-refractivity contribution in [2.45, 2.75) is 6.36 Å². The van der Waals surface area contributed by atoms with Gasteiger partial charge in [-0.05, 0) is 0 Å². The maximum absolute atomic E-state index is 12.9. The van der Waals surface area contributed by atoms with Crippen molar-refractivity contribution < 1.29 is 22.3 Å². The quantitative estimate of drug-likeness (QED) is 0.660. The summed E-state index contributed by atoms with van der Waals surface area (Å²) in [5.41, 5.74) is -0.744. The zero-order chi connectivity index (χ0) is 10.8. The van der Waals surface area contributed by atoms with Crippen LogP contribution in [0.25, 0.3) is 0 Å². The van der Waals surface area contributed by atoms with Crippen molar-refractivity contribution in [2.24, 2.45) is 0 Å². The van der Waals surface area contributed by atoms with Crippen LogP contribution in [0.4, 0.5) is 17.6 Å². The van der Waals surface area contributed by atoms with E-state index in [2.05, 4.69) is 9.72 Å². The molecule has 0 aliphatic rings.